The second-order valence-electron chi connectivity index (χ2n) is 4.23. The Hall–Kier alpha value is -2.63. The summed E-state index contributed by atoms with van der Waals surface area (Å²) in [7, 11) is 0. The molecule has 2 aromatic heterocycles. The number of benzene rings is 1. The highest BCUT2D eigenvalue weighted by atomic mass is 16.5. The molecule has 96 valence electrons. The molecule has 0 fully saturated rings. The van der Waals surface area contributed by atoms with Crippen molar-refractivity contribution in [3.63, 3.8) is 0 Å². The molecule has 0 aliphatic rings. The highest BCUT2D eigenvalue weighted by Crippen LogP contribution is 2.22. The van der Waals surface area contributed by atoms with Gasteiger partial charge >= 0.3 is 5.97 Å². The molecule has 0 radical (unpaired) electrons. The fourth-order valence-corrected chi connectivity index (χ4v) is 2.10. The van der Waals surface area contributed by atoms with E-state index in [1.54, 1.807) is 23.8 Å². The van der Waals surface area contributed by atoms with Crippen molar-refractivity contribution in [1.29, 1.82) is 0 Å². The molecule has 6 nitrogen and oxygen atoms in total. The molecule has 3 aromatic rings. The molecule has 0 amide bonds. The van der Waals surface area contributed by atoms with Crippen LogP contribution in [0.2, 0.25) is 0 Å². The zero-order valence-corrected chi connectivity index (χ0v) is 10.2. The van der Waals surface area contributed by atoms with Gasteiger partial charge in [0.1, 0.15) is 6.54 Å². The van der Waals surface area contributed by atoms with Gasteiger partial charge in [0, 0.05) is 17.1 Å². The van der Waals surface area contributed by atoms with Crippen molar-refractivity contribution >= 4 is 16.9 Å². The Balaban J connectivity index is 2.11. The van der Waals surface area contributed by atoms with Gasteiger partial charge in [-0.1, -0.05) is 23.4 Å². The van der Waals surface area contributed by atoms with Crippen LogP contribution in [0, 0.1) is 6.92 Å². The van der Waals surface area contributed by atoms with Crippen LogP contribution in [0.25, 0.3) is 10.9 Å². The number of aromatic carboxylic acids is 1. The van der Waals surface area contributed by atoms with Gasteiger partial charge in [-0.15, -0.1) is 0 Å². The summed E-state index contributed by atoms with van der Waals surface area (Å²) in [4.78, 5) is 15.3. The first-order valence-corrected chi connectivity index (χ1v) is 5.75. The van der Waals surface area contributed by atoms with Crippen LogP contribution in [-0.4, -0.2) is 25.8 Å². The standard InChI is InChI=1S/C13H11N3O3/c1-8-14-12(19-15-8)7-16-6-10(13(17)18)9-4-2-3-5-11(9)16/h2-6H,7H2,1H3,(H,17,18). The molecule has 3 rings (SSSR count). The minimum atomic E-state index is -0.948. The van der Waals surface area contributed by atoms with Crippen molar-refractivity contribution in [2.45, 2.75) is 13.5 Å². The maximum absolute atomic E-state index is 11.2. The second kappa shape index (κ2) is 4.24. The zero-order valence-electron chi connectivity index (χ0n) is 10.2. The van der Waals surface area contributed by atoms with Gasteiger partial charge in [0.15, 0.2) is 5.82 Å². The number of fused-ring (bicyclic) bond motifs is 1. The van der Waals surface area contributed by atoms with Crippen LogP contribution in [0.1, 0.15) is 22.1 Å². The number of para-hydroxylation sites is 1. The maximum Gasteiger partial charge on any atom is 0.337 e. The number of nitrogens with zero attached hydrogens (tertiary/aromatic N) is 3. The topological polar surface area (TPSA) is 81.2 Å². The van der Waals surface area contributed by atoms with Crippen molar-refractivity contribution in [1.82, 2.24) is 14.7 Å². The van der Waals surface area contributed by atoms with Gasteiger partial charge in [-0.05, 0) is 13.0 Å². The van der Waals surface area contributed by atoms with Crippen molar-refractivity contribution < 1.29 is 14.4 Å². The van der Waals surface area contributed by atoms with E-state index in [4.69, 9.17) is 4.52 Å². The number of carboxylic acid groups (broad SMARTS) is 1. The number of hydrogen-bond acceptors (Lipinski definition) is 4. The maximum atomic E-state index is 11.2. The Labute approximate surface area is 108 Å². The van der Waals surface area contributed by atoms with Crippen LogP contribution < -0.4 is 0 Å². The third-order valence-corrected chi connectivity index (χ3v) is 2.89. The second-order valence-corrected chi connectivity index (χ2v) is 4.23. The summed E-state index contributed by atoms with van der Waals surface area (Å²) in [6.07, 6.45) is 1.59. The van der Waals surface area contributed by atoms with Gasteiger partial charge in [-0.2, -0.15) is 4.98 Å². The summed E-state index contributed by atoms with van der Waals surface area (Å²) in [5.74, 6) is 0.0665. The third kappa shape index (κ3) is 1.97. The number of carbonyl (C=O) groups is 1. The molecular weight excluding hydrogens is 246 g/mol. The highest BCUT2D eigenvalue weighted by Gasteiger charge is 2.15. The number of rotatable bonds is 3. The minimum Gasteiger partial charge on any atom is -0.478 e. The quantitative estimate of drug-likeness (QED) is 0.776. The largest absolute Gasteiger partial charge is 0.478 e. The minimum absolute atomic E-state index is 0.270. The number of hydrogen-bond donors (Lipinski definition) is 1. The number of aryl methyl sites for hydroxylation is 1. The Bertz CT molecular complexity index is 757. The van der Waals surface area contributed by atoms with Crippen LogP contribution in [0.3, 0.4) is 0 Å². The Kier molecular flexibility index (Phi) is 2.56. The molecule has 0 unspecified atom stereocenters. The lowest BCUT2D eigenvalue weighted by Crippen LogP contribution is -1.99. The third-order valence-electron chi connectivity index (χ3n) is 2.89. The smallest absolute Gasteiger partial charge is 0.337 e. The fraction of sp³-hybridized carbons (Fsp3) is 0.154. The van der Waals surface area contributed by atoms with Crippen molar-refractivity contribution in [3.8, 4) is 0 Å². The van der Waals surface area contributed by atoms with Gasteiger partial charge in [0.2, 0.25) is 5.89 Å². The zero-order chi connectivity index (χ0) is 13.4. The van der Waals surface area contributed by atoms with Gasteiger partial charge in [0.25, 0.3) is 0 Å². The molecule has 0 spiro atoms. The lowest BCUT2D eigenvalue weighted by Gasteiger charge is -2.00. The Morgan fingerprint density at radius 2 is 2.21 bits per heavy atom. The fourth-order valence-electron chi connectivity index (χ4n) is 2.10. The molecule has 0 aliphatic carbocycles. The molecule has 0 atom stereocenters. The predicted molar refractivity (Wildman–Crippen MR) is 67.0 cm³/mol. The van der Waals surface area contributed by atoms with Gasteiger partial charge < -0.3 is 14.2 Å². The summed E-state index contributed by atoms with van der Waals surface area (Å²) in [5, 5.41) is 13.6. The van der Waals surface area contributed by atoms with Gasteiger partial charge in [-0.25, -0.2) is 4.79 Å². The van der Waals surface area contributed by atoms with Crippen LogP contribution in [0.15, 0.2) is 35.0 Å². The lowest BCUT2D eigenvalue weighted by molar-refractivity contribution is 0.0698. The summed E-state index contributed by atoms with van der Waals surface area (Å²) < 4.78 is 6.85. The SMILES string of the molecule is Cc1noc(Cn2cc(C(=O)O)c3ccccc32)n1. The first-order chi connectivity index (χ1) is 9.15. The molecule has 6 heteroatoms. The first-order valence-electron chi connectivity index (χ1n) is 5.75. The van der Waals surface area contributed by atoms with E-state index in [-0.39, 0.29) is 5.56 Å². The van der Waals surface area contributed by atoms with E-state index in [0.29, 0.717) is 23.6 Å². The average molecular weight is 257 g/mol. The van der Waals surface area contributed by atoms with E-state index in [0.717, 1.165) is 5.52 Å². The highest BCUT2D eigenvalue weighted by molar-refractivity contribution is 6.03. The summed E-state index contributed by atoms with van der Waals surface area (Å²) >= 11 is 0. The Morgan fingerprint density at radius 3 is 2.89 bits per heavy atom. The number of carboxylic acids is 1. The first kappa shape index (κ1) is 11.5. The van der Waals surface area contributed by atoms with E-state index in [1.807, 2.05) is 18.2 Å². The van der Waals surface area contributed by atoms with E-state index < -0.39 is 5.97 Å². The van der Waals surface area contributed by atoms with E-state index >= 15 is 0 Å². The predicted octanol–water partition coefficient (Wildman–Crippen LogP) is 2.08. The van der Waals surface area contributed by atoms with Crippen LogP contribution in [-0.2, 0) is 6.54 Å². The van der Waals surface area contributed by atoms with E-state index in [9.17, 15) is 9.90 Å². The summed E-state index contributed by atoms with van der Waals surface area (Å²) in [6.45, 7) is 2.10. The van der Waals surface area contributed by atoms with Crippen molar-refractivity contribution in [3.05, 3.63) is 47.7 Å². The molecule has 0 bridgehead atoms. The average Bonchev–Trinajstić information content (AvgIpc) is 2.95. The van der Waals surface area contributed by atoms with Gasteiger partial charge in [0.05, 0.1) is 5.56 Å². The molecule has 19 heavy (non-hydrogen) atoms. The molecule has 0 saturated carbocycles. The molecule has 1 N–H and O–H groups in total. The molecule has 2 heterocycles. The molecule has 0 aliphatic heterocycles. The van der Waals surface area contributed by atoms with Gasteiger partial charge in [-0.3, -0.25) is 0 Å². The normalized spacial score (nSPS) is 11.0. The van der Waals surface area contributed by atoms with Crippen LogP contribution in [0.4, 0.5) is 0 Å². The molecular formula is C13H11N3O3. The monoisotopic (exact) mass is 257 g/mol. The molecule has 1 aromatic carbocycles. The molecule has 0 saturated heterocycles. The lowest BCUT2D eigenvalue weighted by atomic mass is 10.2. The van der Waals surface area contributed by atoms with E-state index in [2.05, 4.69) is 10.1 Å². The van der Waals surface area contributed by atoms with Crippen LogP contribution >= 0.6 is 0 Å². The number of aromatic nitrogens is 3. The van der Waals surface area contributed by atoms with E-state index in [1.165, 1.54) is 0 Å². The summed E-state index contributed by atoms with van der Waals surface area (Å²) in [6, 6.07) is 7.33. The van der Waals surface area contributed by atoms with Crippen molar-refractivity contribution in [2.75, 3.05) is 0 Å². The van der Waals surface area contributed by atoms with Crippen LogP contribution in [0.5, 0.6) is 0 Å². The summed E-state index contributed by atoms with van der Waals surface area (Å²) in [5.41, 5.74) is 1.10. The Morgan fingerprint density at radius 1 is 1.42 bits per heavy atom. The van der Waals surface area contributed by atoms with Crippen molar-refractivity contribution in [2.24, 2.45) is 0 Å².